The van der Waals surface area contributed by atoms with Crippen molar-refractivity contribution in [1.29, 1.82) is 0 Å². The first-order valence-electron chi connectivity index (χ1n) is 15.3. The molecule has 8 heteroatoms. The topological polar surface area (TPSA) is 95.0 Å². The molecule has 2 heterocycles. The van der Waals surface area contributed by atoms with Crippen LogP contribution < -0.4 is 0 Å². The Balaban J connectivity index is 1.30. The summed E-state index contributed by atoms with van der Waals surface area (Å²) in [5.41, 5.74) is 1.67. The highest BCUT2D eigenvalue weighted by atomic mass is 35.5. The van der Waals surface area contributed by atoms with Crippen LogP contribution in [0.4, 0.5) is 0 Å². The van der Waals surface area contributed by atoms with Crippen molar-refractivity contribution >= 4 is 35.2 Å². The average Bonchev–Trinajstić information content (AvgIpc) is 3.37. The molecule has 6 unspecified atom stereocenters. The van der Waals surface area contributed by atoms with Crippen molar-refractivity contribution in [3.05, 3.63) is 40.4 Å². The summed E-state index contributed by atoms with van der Waals surface area (Å²) in [5.74, 6) is -3.15. The molecule has 4 aliphatic carbocycles. The van der Waals surface area contributed by atoms with E-state index in [-0.39, 0.29) is 47.4 Å². The predicted molar refractivity (Wildman–Crippen MR) is 148 cm³/mol. The Labute approximate surface area is 239 Å². The van der Waals surface area contributed by atoms with Crippen molar-refractivity contribution in [3.63, 3.8) is 0 Å². The number of halogens is 1. The number of phenols is 1. The fourth-order valence-electron chi connectivity index (χ4n) is 9.15. The molecule has 7 rings (SSSR count). The van der Waals surface area contributed by atoms with Gasteiger partial charge >= 0.3 is 0 Å². The first kappa shape index (κ1) is 26.2. The van der Waals surface area contributed by atoms with E-state index in [0.717, 1.165) is 69.8 Å². The van der Waals surface area contributed by atoms with E-state index in [1.165, 1.54) is 6.07 Å². The molecule has 1 N–H and O–H groups in total. The third kappa shape index (κ3) is 3.90. The number of hydrogen-bond acceptors (Lipinski definition) is 5. The van der Waals surface area contributed by atoms with Gasteiger partial charge in [-0.3, -0.25) is 29.0 Å². The monoisotopic (exact) mass is 564 g/mol. The van der Waals surface area contributed by atoms with Gasteiger partial charge in [0.1, 0.15) is 5.75 Å². The molecule has 2 saturated heterocycles. The molecule has 1 aromatic rings. The van der Waals surface area contributed by atoms with Gasteiger partial charge in [0.2, 0.25) is 23.6 Å². The normalized spacial score (nSPS) is 35.1. The van der Waals surface area contributed by atoms with E-state index in [1.54, 1.807) is 21.9 Å². The number of carbonyl (C=O) groups is 4. The Bertz CT molecular complexity index is 1300. The Morgan fingerprint density at radius 1 is 0.700 bits per heavy atom. The lowest BCUT2D eigenvalue weighted by atomic mass is 9.57. The number of aromatic hydroxyl groups is 1. The van der Waals surface area contributed by atoms with Crippen molar-refractivity contribution < 1.29 is 24.3 Å². The van der Waals surface area contributed by atoms with Gasteiger partial charge in [-0.25, -0.2) is 0 Å². The Hall–Kier alpha value is -2.67. The smallest absolute Gasteiger partial charge is 0.234 e. The number of hydrogen-bond donors (Lipinski definition) is 1. The van der Waals surface area contributed by atoms with E-state index in [1.807, 2.05) is 0 Å². The van der Waals surface area contributed by atoms with Crippen molar-refractivity contribution in [1.82, 2.24) is 9.80 Å². The highest BCUT2D eigenvalue weighted by Crippen LogP contribution is 2.59. The third-order valence-corrected chi connectivity index (χ3v) is 11.2. The average molecular weight is 565 g/mol. The molecule has 3 saturated carbocycles. The molecule has 40 heavy (non-hydrogen) atoms. The molecule has 2 aliphatic heterocycles. The minimum atomic E-state index is -0.586. The molecule has 6 aliphatic rings. The second kappa shape index (κ2) is 10.0. The number of fused-ring (bicyclic) bond motifs is 4. The molecule has 4 amide bonds. The molecule has 0 bridgehead atoms. The van der Waals surface area contributed by atoms with Gasteiger partial charge in [-0.15, -0.1) is 0 Å². The van der Waals surface area contributed by atoms with Crippen LogP contribution in [0.15, 0.2) is 29.8 Å². The van der Waals surface area contributed by atoms with Crippen molar-refractivity contribution in [3.8, 4) is 5.75 Å². The minimum absolute atomic E-state index is 0.0297. The molecular formula is C32H37ClN2O5. The highest BCUT2D eigenvalue weighted by Gasteiger charge is 2.63. The van der Waals surface area contributed by atoms with Crippen molar-refractivity contribution in [2.45, 2.75) is 95.1 Å². The Morgan fingerprint density at radius 2 is 1.27 bits per heavy atom. The minimum Gasteiger partial charge on any atom is -0.508 e. The highest BCUT2D eigenvalue weighted by molar-refractivity contribution is 6.31. The molecule has 6 atom stereocenters. The summed E-state index contributed by atoms with van der Waals surface area (Å²) in [5, 5.41) is 10.4. The number of nitrogens with zero attached hydrogens (tertiary/aromatic N) is 2. The SMILES string of the molecule is O=C1C2CC=C3C(CC4C(=O)N(C5CCCCC5)C(=O)C4C3c3ccc(O)cc3Cl)C2C(=O)N1C1CCCCC1. The summed E-state index contributed by atoms with van der Waals surface area (Å²) in [6.07, 6.45) is 12.7. The number of likely N-dealkylation sites (tertiary alicyclic amines) is 2. The second-order valence-electron chi connectivity index (χ2n) is 12.9. The second-order valence-corrected chi connectivity index (χ2v) is 13.3. The first-order valence-corrected chi connectivity index (χ1v) is 15.7. The molecule has 212 valence electrons. The summed E-state index contributed by atoms with van der Waals surface area (Å²) >= 11 is 6.72. The van der Waals surface area contributed by atoms with Gasteiger partial charge in [0.15, 0.2) is 0 Å². The maximum Gasteiger partial charge on any atom is 0.234 e. The lowest BCUT2D eigenvalue weighted by Gasteiger charge is -2.44. The molecule has 1 aromatic carbocycles. The van der Waals surface area contributed by atoms with Gasteiger partial charge in [-0.2, -0.15) is 0 Å². The summed E-state index contributed by atoms with van der Waals surface area (Å²) in [4.78, 5) is 59.1. The number of allylic oxidation sites excluding steroid dienone is 2. The standard InChI is InChI=1S/C32H37ClN2O5/c33-25-15-19(36)11-12-21(25)26-20-13-14-22-27(31(39)34(29(22)37)17-7-3-1-4-8-17)23(20)16-24-28(26)32(40)35(30(24)38)18-9-5-2-6-10-18/h11-13,15,17-18,22-24,26-28,36H,1-10,14,16H2. The fourth-order valence-corrected chi connectivity index (χ4v) is 9.44. The molecule has 0 aromatic heterocycles. The van der Waals surface area contributed by atoms with Gasteiger partial charge in [0.05, 0.1) is 23.7 Å². The summed E-state index contributed by atoms with van der Waals surface area (Å²) in [6, 6.07) is 4.71. The van der Waals surface area contributed by atoms with Gasteiger partial charge < -0.3 is 5.11 Å². The van der Waals surface area contributed by atoms with Crippen LogP contribution in [0.3, 0.4) is 0 Å². The number of amides is 4. The van der Waals surface area contributed by atoms with Crippen LogP contribution in [0, 0.1) is 29.6 Å². The summed E-state index contributed by atoms with van der Waals surface area (Å²) in [6.45, 7) is 0. The van der Waals surface area contributed by atoms with E-state index >= 15 is 0 Å². The van der Waals surface area contributed by atoms with Crippen LogP contribution in [-0.2, 0) is 19.2 Å². The lowest BCUT2D eigenvalue weighted by Crippen LogP contribution is -2.44. The maximum atomic E-state index is 14.1. The van der Waals surface area contributed by atoms with Gasteiger partial charge in [-0.05, 0) is 62.1 Å². The van der Waals surface area contributed by atoms with Gasteiger partial charge in [0, 0.05) is 23.0 Å². The maximum absolute atomic E-state index is 14.1. The molecule has 5 fully saturated rings. The van der Waals surface area contributed by atoms with Crippen LogP contribution in [0.2, 0.25) is 5.02 Å². The van der Waals surface area contributed by atoms with Gasteiger partial charge in [0.25, 0.3) is 0 Å². The van der Waals surface area contributed by atoms with Crippen LogP contribution in [0.25, 0.3) is 0 Å². The number of phenolic OH excluding ortho intramolecular Hbond substituents is 1. The first-order chi connectivity index (χ1) is 19.4. The summed E-state index contributed by atoms with van der Waals surface area (Å²) < 4.78 is 0. The number of imide groups is 2. The zero-order chi connectivity index (χ0) is 27.7. The van der Waals surface area contributed by atoms with E-state index in [4.69, 9.17) is 11.6 Å². The number of rotatable bonds is 3. The quantitative estimate of drug-likeness (QED) is 0.394. The van der Waals surface area contributed by atoms with Crippen molar-refractivity contribution in [2.75, 3.05) is 0 Å². The van der Waals surface area contributed by atoms with E-state index in [9.17, 15) is 24.3 Å². The predicted octanol–water partition coefficient (Wildman–Crippen LogP) is 5.35. The summed E-state index contributed by atoms with van der Waals surface area (Å²) in [7, 11) is 0. The Kier molecular flexibility index (Phi) is 6.56. The zero-order valence-corrected chi connectivity index (χ0v) is 23.5. The van der Waals surface area contributed by atoms with Crippen LogP contribution >= 0.6 is 11.6 Å². The van der Waals surface area contributed by atoms with E-state index < -0.39 is 29.6 Å². The third-order valence-electron chi connectivity index (χ3n) is 10.9. The largest absolute Gasteiger partial charge is 0.508 e. The molecule has 0 spiro atoms. The van der Waals surface area contributed by atoms with E-state index in [0.29, 0.717) is 23.4 Å². The number of benzene rings is 1. The molecular weight excluding hydrogens is 528 g/mol. The lowest BCUT2D eigenvalue weighted by molar-refractivity contribution is -0.145. The van der Waals surface area contributed by atoms with Crippen LogP contribution in [0.1, 0.15) is 88.5 Å². The zero-order valence-electron chi connectivity index (χ0n) is 22.8. The fraction of sp³-hybridized carbons (Fsp3) is 0.625. The molecule has 0 radical (unpaired) electrons. The van der Waals surface area contributed by atoms with Crippen LogP contribution in [-0.4, -0.2) is 50.6 Å². The van der Waals surface area contributed by atoms with Crippen LogP contribution in [0.5, 0.6) is 5.75 Å². The number of carbonyl (C=O) groups excluding carboxylic acids is 4. The molecule has 7 nitrogen and oxygen atoms in total. The van der Waals surface area contributed by atoms with E-state index in [2.05, 4.69) is 6.08 Å². The van der Waals surface area contributed by atoms with Crippen molar-refractivity contribution in [2.24, 2.45) is 29.6 Å². The Morgan fingerprint density at radius 3 is 1.88 bits per heavy atom. The van der Waals surface area contributed by atoms with Gasteiger partial charge in [-0.1, -0.05) is 67.8 Å².